The van der Waals surface area contributed by atoms with E-state index >= 15 is 0 Å². The number of ether oxygens (including phenoxy) is 1. The minimum Gasteiger partial charge on any atom is -0.360 e. The molecule has 150 valence electrons. The van der Waals surface area contributed by atoms with E-state index in [0.29, 0.717) is 24.0 Å². The smallest absolute Gasteiger partial charge is 0.235 e. The minimum atomic E-state index is -0.780. The van der Waals surface area contributed by atoms with E-state index in [1.807, 2.05) is 36.4 Å². The Hall–Kier alpha value is -2.93. The summed E-state index contributed by atoms with van der Waals surface area (Å²) >= 11 is 0. The summed E-state index contributed by atoms with van der Waals surface area (Å²) in [6, 6.07) is 9.53. The first kappa shape index (κ1) is 18.1. The van der Waals surface area contributed by atoms with Crippen molar-refractivity contribution in [3.8, 4) is 0 Å². The summed E-state index contributed by atoms with van der Waals surface area (Å²) in [5, 5.41) is 6.93. The van der Waals surface area contributed by atoms with Crippen LogP contribution < -0.4 is 10.2 Å². The summed E-state index contributed by atoms with van der Waals surface area (Å²) < 4.78 is 11.3. The molecule has 5 rings (SSSR count). The number of amides is 2. The molecule has 3 unspecified atom stereocenters. The predicted molar refractivity (Wildman–Crippen MR) is 106 cm³/mol. The second-order valence-electron chi connectivity index (χ2n) is 8.39. The second kappa shape index (κ2) is 6.29. The average Bonchev–Trinajstić information content (AvgIpc) is 3.43. The highest BCUT2D eigenvalue weighted by molar-refractivity contribution is 6.05. The molecule has 2 bridgehead atoms. The van der Waals surface area contributed by atoms with Gasteiger partial charge in [-0.1, -0.05) is 43.3 Å². The van der Waals surface area contributed by atoms with Gasteiger partial charge in [-0.2, -0.15) is 0 Å². The van der Waals surface area contributed by atoms with Gasteiger partial charge in [0.05, 0.1) is 24.5 Å². The zero-order valence-corrected chi connectivity index (χ0v) is 16.6. The molecule has 4 atom stereocenters. The number of anilines is 2. The minimum absolute atomic E-state index is 0.152. The van der Waals surface area contributed by atoms with Gasteiger partial charge < -0.3 is 14.6 Å². The molecule has 3 aliphatic rings. The molecule has 1 N–H and O–H groups in total. The number of carbonyl (C=O) groups excluding carboxylic acids is 2. The zero-order chi connectivity index (χ0) is 20.3. The summed E-state index contributed by atoms with van der Waals surface area (Å²) in [4.78, 5) is 27.9. The van der Waals surface area contributed by atoms with E-state index in [4.69, 9.17) is 9.26 Å². The maximum absolute atomic E-state index is 13.2. The Morgan fingerprint density at radius 1 is 1.31 bits per heavy atom. The van der Waals surface area contributed by atoms with Crippen molar-refractivity contribution in [1.82, 2.24) is 5.16 Å². The lowest BCUT2D eigenvalue weighted by atomic mass is 9.76. The Kier molecular flexibility index (Phi) is 3.93. The van der Waals surface area contributed by atoms with Gasteiger partial charge in [-0.3, -0.25) is 14.5 Å². The molecule has 0 radical (unpaired) electrons. The van der Waals surface area contributed by atoms with E-state index in [2.05, 4.69) is 24.3 Å². The number of aromatic nitrogens is 1. The number of rotatable bonds is 4. The first-order valence-corrected chi connectivity index (χ1v) is 9.91. The number of carbonyl (C=O) groups is 2. The standard InChI is InChI=1S/C22H23N3O4/c1-12(2)14-4-6-15(7-5-14)23-20(26)18-16-8-9-22(28-16)11-25(21(27)19(18)22)17-10-13(3)29-24-17/h4-10,12,16,18-19H,11H2,1-3H3,(H,23,26)/t16?,18?,19?,22-/m0/s1. The van der Waals surface area contributed by atoms with Gasteiger partial charge in [-0.25, -0.2) is 0 Å². The number of fused-ring (bicyclic) bond motifs is 1. The van der Waals surface area contributed by atoms with Gasteiger partial charge in [0.1, 0.15) is 11.4 Å². The lowest BCUT2D eigenvalue weighted by Gasteiger charge is -2.23. The molecule has 7 heteroatoms. The quantitative estimate of drug-likeness (QED) is 0.807. The molecule has 1 aromatic carbocycles. The van der Waals surface area contributed by atoms with Gasteiger partial charge >= 0.3 is 0 Å². The molecule has 7 nitrogen and oxygen atoms in total. The molecule has 2 aromatic rings. The van der Waals surface area contributed by atoms with Gasteiger partial charge in [-0.05, 0) is 30.5 Å². The number of hydrogen-bond acceptors (Lipinski definition) is 5. The maximum atomic E-state index is 13.2. The molecular formula is C22H23N3O4. The van der Waals surface area contributed by atoms with Crippen LogP contribution in [0.25, 0.3) is 0 Å². The Morgan fingerprint density at radius 3 is 2.72 bits per heavy atom. The highest BCUT2D eigenvalue weighted by Crippen LogP contribution is 2.52. The van der Waals surface area contributed by atoms with Crippen molar-refractivity contribution in [2.75, 3.05) is 16.8 Å². The number of nitrogens with zero attached hydrogens (tertiary/aromatic N) is 2. The Bertz CT molecular complexity index is 1010. The van der Waals surface area contributed by atoms with Crippen LogP contribution in [0.15, 0.2) is 47.0 Å². The van der Waals surface area contributed by atoms with E-state index in [1.54, 1.807) is 17.9 Å². The molecule has 0 saturated carbocycles. The number of nitrogens with one attached hydrogen (secondary N) is 1. The van der Waals surface area contributed by atoms with Crippen LogP contribution in [0.2, 0.25) is 0 Å². The van der Waals surface area contributed by atoms with Crippen LogP contribution >= 0.6 is 0 Å². The SMILES string of the molecule is Cc1cc(N2C[C@]34C=CC(O3)C(C(=O)Nc3ccc(C(C)C)cc3)C4C2=O)no1. The van der Waals surface area contributed by atoms with E-state index in [9.17, 15) is 9.59 Å². The van der Waals surface area contributed by atoms with Crippen molar-refractivity contribution in [2.45, 2.75) is 38.4 Å². The summed E-state index contributed by atoms with van der Waals surface area (Å²) in [5.74, 6) is 0.0172. The van der Waals surface area contributed by atoms with Crippen LogP contribution in [0.5, 0.6) is 0 Å². The summed E-state index contributed by atoms with van der Waals surface area (Å²) in [6.45, 7) is 6.36. The molecule has 2 fully saturated rings. The Labute approximate surface area is 168 Å². The molecule has 1 aromatic heterocycles. The molecule has 2 amide bonds. The van der Waals surface area contributed by atoms with E-state index in [1.165, 1.54) is 5.56 Å². The Morgan fingerprint density at radius 2 is 2.07 bits per heavy atom. The van der Waals surface area contributed by atoms with Crippen LogP contribution in [0, 0.1) is 18.8 Å². The first-order valence-electron chi connectivity index (χ1n) is 9.91. The zero-order valence-electron chi connectivity index (χ0n) is 16.6. The van der Waals surface area contributed by atoms with Crippen molar-refractivity contribution in [2.24, 2.45) is 11.8 Å². The fourth-order valence-electron chi connectivity index (χ4n) is 4.65. The fourth-order valence-corrected chi connectivity index (χ4v) is 4.65. The van der Waals surface area contributed by atoms with Gasteiger partial charge in [-0.15, -0.1) is 0 Å². The van der Waals surface area contributed by atoms with Crippen molar-refractivity contribution in [3.05, 3.63) is 53.8 Å². The van der Waals surface area contributed by atoms with Crippen LogP contribution in [-0.4, -0.2) is 35.2 Å². The summed E-state index contributed by atoms with van der Waals surface area (Å²) in [7, 11) is 0. The molecule has 0 aliphatic carbocycles. The van der Waals surface area contributed by atoms with Crippen molar-refractivity contribution < 1.29 is 18.8 Å². The van der Waals surface area contributed by atoms with E-state index in [-0.39, 0.29) is 17.9 Å². The summed E-state index contributed by atoms with van der Waals surface area (Å²) in [5.41, 5.74) is 1.14. The molecule has 3 aliphatic heterocycles. The highest BCUT2D eigenvalue weighted by atomic mass is 16.5. The fraction of sp³-hybridized carbons (Fsp3) is 0.409. The van der Waals surface area contributed by atoms with Crippen molar-refractivity contribution in [1.29, 1.82) is 0 Å². The van der Waals surface area contributed by atoms with Crippen LogP contribution in [0.3, 0.4) is 0 Å². The topological polar surface area (TPSA) is 84.7 Å². The van der Waals surface area contributed by atoms with Gasteiger partial charge in [0.2, 0.25) is 11.8 Å². The van der Waals surface area contributed by atoms with Crippen molar-refractivity contribution >= 4 is 23.3 Å². The van der Waals surface area contributed by atoms with Crippen LogP contribution in [-0.2, 0) is 14.3 Å². The molecule has 1 spiro atoms. The average molecular weight is 393 g/mol. The predicted octanol–water partition coefficient (Wildman–Crippen LogP) is 3.03. The Balaban J connectivity index is 1.39. The number of hydrogen-bond donors (Lipinski definition) is 1. The first-order chi connectivity index (χ1) is 13.9. The van der Waals surface area contributed by atoms with Gasteiger partial charge in [0, 0.05) is 11.8 Å². The van der Waals surface area contributed by atoms with Crippen molar-refractivity contribution in [3.63, 3.8) is 0 Å². The third-order valence-electron chi connectivity index (χ3n) is 6.14. The van der Waals surface area contributed by atoms with E-state index in [0.717, 1.165) is 5.69 Å². The molecule has 29 heavy (non-hydrogen) atoms. The highest BCUT2D eigenvalue weighted by Gasteiger charge is 2.67. The van der Waals surface area contributed by atoms with Crippen LogP contribution in [0.1, 0.15) is 31.1 Å². The monoisotopic (exact) mass is 393 g/mol. The van der Waals surface area contributed by atoms with Crippen LogP contribution in [0.4, 0.5) is 11.5 Å². The second-order valence-corrected chi connectivity index (χ2v) is 8.39. The number of aryl methyl sites for hydroxylation is 1. The lowest BCUT2D eigenvalue weighted by molar-refractivity contribution is -0.128. The lowest BCUT2D eigenvalue weighted by Crippen LogP contribution is -2.41. The molecule has 2 saturated heterocycles. The normalized spacial score (nSPS) is 29.7. The maximum Gasteiger partial charge on any atom is 0.235 e. The van der Waals surface area contributed by atoms with Gasteiger partial charge in [0.15, 0.2) is 5.82 Å². The third kappa shape index (κ3) is 2.72. The number of benzene rings is 1. The summed E-state index contributed by atoms with van der Waals surface area (Å²) in [6.07, 6.45) is 3.43. The van der Waals surface area contributed by atoms with Gasteiger partial charge in [0.25, 0.3) is 0 Å². The molecule has 4 heterocycles. The molecular weight excluding hydrogens is 370 g/mol. The van der Waals surface area contributed by atoms with E-state index < -0.39 is 17.4 Å². The third-order valence-corrected chi connectivity index (χ3v) is 6.14. The largest absolute Gasteiger partial charge is 0.360 e.